The van der Waals surface area contributed by atoms with Gasteiger partial charge in [-0.25, -0.2) is 4.79 Å². The average molecular weight is 467 g/mol. The lowest BCUT2D eigenvalue weighted by Gasteiger charge is -2.38. The second-order valence-electron chi connectivity index (χ2n) is 10.3. The molecule has 0 heterocycles. The molecule has 1 fully saturated rings. The number of carbonyl (C=O) groups is 2. The maximum absolute atomic E-state index is 11.8. The van der Waals surface area contributed by atoms with Crippen LogP contribution in [0.1, 0.15) is 69.3 Å². The lowest BCUT2D eigenvalue weighted by atomic mass is 9.85. The van der Waals surface area contributed by atoms with Gasteiger partial charge >= 0.3 is 6.09 Å². The zero-order chi connectivity index (χ0) is 24.9. The topological polar surface area (TPSA) is 78.9 Å². The van der Waals surface area contributed by atoms with Crippen LogP contribution in [0.25, 0.3) is 11.1 Å². The Balaban J connectivity index is 1.62. The van der Waals surface area contributed by atoms with Crippen LogP contribution >= 0.6 is 0 Å². The molecule has 0 aliphatic heterocycles. The molecular formula is C28H38N2O4. The zero-order valence-corrected chi connectivity index (χ0v) is 21.1. The number of hydrogen-bond donors (Lipinski definition) is 2. The van der Waals surface area contributed by atoms with Crippen LogP contribution in [-0.4, -0.2) is 47.1 Å². The van der Waals surface area contributed by atoms with Crippen molar-refractivity contribution in [2.24, 2.45) is 5.92 Å². The van der Waals surface area contributed by atoms with Crippen LogP contribution in [0, 0.1) is 5.92 Å². The Morgan fingerprint density at radius 3 is 2.32 bits per heavy atom. The summed E-state index contributed by atoms with van der Waals surface area (Å²) in [7, 11) is 1.68. The fourth-order valence-electron chi connectivity index (χ4n) is 4.71. The van der Waals surface area contributed by atoms with Gasteiger partial charge in [0.25, 0.3) is 0 Å². The number of carbonyl (C=O) groups excluding carboxylic acids is 1. The Labute approximate surface area is 203 Å². The van der Waals surface area contributed by atoms with Gasteiger partial charge in [0, 0.05) is 35.8 Å². The number of nitrogens with zero attached hydrogens (tertiary/aromatic N) is 1. The summed E-state index contributed by atoms with van der Waals surface area (Å²) in [4.78, 5) is 25.0. The molecule has 0 saturated heterocycles. The number of ether oxygens (including phenoxy) is 1. The van der Waals surface area contributed by atoms with Crippen molar-refractivity contribution in [3.8, 4) is 16.9 Å². The van der Waals surface area contributed by atoms with Gasteiger partial charge < -0.3 is 20.1 Å². The van der Waals surface area contributed by atoms with E-state index in [1.165, 1.54) is 0 Å². The monoisotopic (exact) mass is 466 g/mol. The molecule has 6 heteroatoms. The van der Waals surface area contributed by atoms with E-state index in [0.717, 1.165) is 48.1 Å². The first-order valence-electron chi connectivity index (χ1n) is 12.1. The van der Waals surface area contributed by atoms with Crippen molar-refractivity contribution < 1.29 is 19.4 Å². The number of nitrogens with one attached hydrogen (secondary N) is 1. The second kappa shape index (κ2) is 11.0. The number of Topliss-reactive ketones (excluding diaryl/α,β-unsaturated/α-hetero) is 1. The molecule has 6 nitrogen and oxygen atoms in total. The van der Waals surface area contributed by atoms with Gasteiger partial charge in [-0.2, -0.15) is 0 Å². The summed E-state index contributed by atoms with van der Waals surface area (Å²) in [6, 6.07) is 14.2. The molecule has 1 aliphatic carbocycles. The third-order valence-corrected chi connectivity index (χ3v) is 6.79. The van der Waals surface area contributed by atoms with Gasteiger partial charge in [0.2, 0.25) is 0 Å². The first kappa shape index (κ1) is 25.8. The van der Waals surface area contributed by atoms with Crippen LogP contribution in [0.15, 0.2) is 42.5 Å². The fraction of sp³-hybridized carbons (Fsp3) is 0.500. The van der Waals surface area contributed by atoms with Crippen molar-refractivity contribution >= 4 is 11.9 Å². The number of benzene rings is 2. The van der Waals surface area contributed by atoms with E-state index >= 15 is 0 Å². The van der Waals surface area contributed by atoms with Gasteiger partial charge in [-0.15, -0.1) is 0 Å². The molecule has 2 aromatic carbocycles. The molecule has 3 rings (SSSR count). The Hall–Kier alpha value is -2.86. The van der Waals surface area contributed by atoms with Crippen molar-refractivity contribution in [2.45, 2.75) is 71.5 Å². The first-order chi connectivity index (χ1) is 16.1. The molecule has 1 saturated carbocycles. The van der Waals surface area contributed by atoms with Crippen molar-refractivity contribution in [1.29, 1.82) is 0 Å². The molecule has 2 aromatic rings. The Kier molecular flexibility index (Phi) is 8.37. The van der Waals surface area contributed by atoms with Gasteiger partial charge in [0.1, 0.15) is 5.75 Å². The van der Waals surface area contributed by atoms with E-state index in [4.69, 9.17) is 4.74 Å². The van der Waals surface area contributed by atoms with Gasteiger partial charge in [0.15, 0.2) is 5.78 Å². The van der Waals surface area contributed by atoms with Gasteiger partial charge in [-0.1, -0.05) is 24.3 Å². The molecule has 0 spiro atoms. The van der Waals surface area contributed by atoms with Crippen LogP contribution in [-0.2, 0) is 6.54 Å². The number of rotatable bonds is 8. The van der Waals surface area contributed by atoms with Crippen molar-refractivity contribution in [3.05, 3.63) is 53.6 Å². The number of amides is 1. The molecule has 2 N–H and O–H groups in total. The molecule has 0 aromatic heterocycles. The third-order valence-electron chi connectivity index (χ3n) is 6.79. The summed E-state index contributed by atoms with van der Waals surface area (Å²) >= 11 is 0. The van der Waals surface area contributed by atoms with E-state index in [1.54, 1.807) is 18.9 Å². The molecule has 1 aliphatic rings. The molecule has 0 unspecified atom stereocenters. The van der Waals surface area contributed by atoms with Crippen LogP contribution in [0.2, 0.25) is 0 Å². The quantitative estimate of drug-likeness (QED) is 0.467. The SMILES string of the molecule is COc1ccc(-c2cccc(C(C)=O)c2)cc1CNC1CCC(CN(C(=O)O)C(C)(C)C)CC1. The first-order valence-corrected chi connectivity index (χ1v) is 12.1. The highest BCUT2D eigenvalue weighted by Crippen LogP contribution is 2.30. The Morgan fingerprint density at radius 2 is 1.74 bits per heavy atom. The summed E-state index contributed by atoms with van der Waals surface area (Å²) < 4.78 is 5.60. The van der Waals surface area contributed by atoms with E-state index in [9.17, 15) is 14.7 Å². The zero-order valence-electron chi connectivity index (χ0n) is 21.1. The van der Waals surface area contributed by atoms with Crippen molar-refractivity contribution in [2.75, 3.05) is 13.7 Å². The average Bonchev–Trinajstić information content (AvgIpc) is 2.80. The largest absolute Gasteiger partial charge is 0.496 e. The van der Waals surface area contributed by atoms with Crippen LogP contribution in [0.3, 0.4) is 0 Å². The summed E-state index contributed by atoms with van der Waals surface area (Å²) in [6.45, 7) is 8.73. The Morgan fingerprint density at radius 1 is 1.06 bits per heavy atom. The molecule has 34 heavy (non-hydrogen) atoms. The molecular weight excluding hydrogens is 428 g/mol. The second-order valence-corrected chi connectivity index (χ2v) is 10.3. The lowest BCUT2D eigenvalue weighted by Crippen LogP contribution is -2.48. The van der Waals surface area contributed by atoms with Crippen molar-refractivity contribution in [3.63, 3.8) is 0 Å². The molecule has 1 amide bonds. The van der Waals surface area contributed by atoms with Crippen LogP contribution < -0.4 is 10.1 Å². The number of hydrogen-bond acceptors (Lipinski definition) is 4. The minimum atomic E-state index is -0.839. The Bertz CT molecular complexity index is 1000. The molecule has 0 bridgehead atoms. The summed E-state index contributed by atoms with van der Waals surface area (Å²) in [6.07, 6.45) is 3.27. The highest BCUT2D eigenvalue weighted by atomic mass is 16.5. The highest BCUT2D eigenvalue weighted by Gasteiger charge is 2.30. The minimum absolute atomic E-state index is 0.0572. The lowest BCUT2D eigenvalue weighted by molar-refractivity contribution is 0.0812. The van der Waals surface area contributed by atoms with E-state index in [0.29, 0.717) is 30.6 Å². The summed E-state index contributed by atoms with van der Waals surface area (Å²) in [5, 5.41) is 13.3. The highest BCUT2D eigenvalue weighted by molar-refractivity contribution is 5.95. The number of methoxy groups -OCH3 is 1. The van der Waals surface area contributed by atoms with E-state index in [2.05, 4.69) is 11.4 Å². The van der Waals surface area contributed by atoms with Gasteiger partial charge in [0.05, 0.1) is 7.11 Å². The smallest absolute Gasteiger partial charge is 0.407 e. The van der Waals surface area contributed by atoms with Crippen molar-refractivity contribution in [1.82, 2.24) is 10.2 Å². The van der Waals surface area contributed by atoms with E-state index in [-0.39, 0.29) is 11.3 Å². The maximum Gasteiger partial charge on any atom is 0.407 e. The molecule has 0 atom stereocenters. The number of ketones is 1. The number of carboxylic acid groups (broad SMARTS) is 1. The van der Waals surface area contributed by atoms with Crippen LogP contribution in [0.5, 0.6) is 5.75 Å². The van der Waals surface area contributed by atoms with E-state index in [1.807, 2.05) is 57.2 Å². The molecule has 0 radical (unpaired) electrons. The van der Waals surface area contributed by atoms with Gasteiger partial charge in [-0.3, -0.25) is 4.79 Å². The standard InChI is InChI=1S/C28H38N2O4/c1-19(31)21-7-6-8-22(15-21)23-11-14-26(34-5)24(16-23)17-29-25-12-9-20(10-13-25)18-30(27(32)33)28(2,3)4/h6-8,11,14-16,20,25,29H,9-10,12-13,17-18H2,1-5H3,(H,32,33). The third kappa shape index (κ3) is 6.60. The van der Waals surface area contributed by atoms with Gasteiger partial charge in [-0.05, 0) is 88.6 Å². The summed E-state index contributed by atoms with van der Waals surface area (Å²) in [5.74, 6) is 1.30. The molecule has 184 valence electrons. The minimum Gasteiger partial charge on any atom is -0.496 e. The fourth-order valence-corrected chi connectivity index (χ4v) is 4.71. The predicted molar refractivity (Wildman–Crippen MR) is 136 cm³/mol. The maximum atomic E-state index is 11.8. The normalized spacial score (nSPS) is 18.4. The predicted octanol–water partition coefficient (Wildman–Crippen LogP) is 5.99. The van der Waals surface area contributed by atoms with E-state index < -0.39 is 6.09 Å². The van der Waals surface area contributed by atoms with Crippen LogP contribution in [0.4, 0.5) is 4.79 Å². The summed E-state index contributed by atoms with van der Waals surface area (Å²) in [5.41, 5.74) is 3.48.